The van der Waals surface area contributed by atoms with Crippen LogP contribution in [-0.4, -0.2) is 50.8 Å². The van der Waals surface area contributed by atoms with Gasteiger partial charge in [0.15, 0.2) is 5.78 Å². The second kappa shape index (κ2) is 8.38. The van der Waals surface area contributed by atoms with E-state index in [-0.39, 0.29) is 30.2 Å². The van der Waals surface area contributed by atoms with Gasteiger partial charge in [-0.25, -0.2) is 0 Å². The molecule has 0 spiro atoms. The lowest BCUT2D eigenvalue weighted by Gasteiger charge is -2.16. The van der Waals surface area contributed by atoms with Crippen molar-refractivity contribution in [3.8, 4) is 0 Å². The second-order valence-electron chi connectivity index (χ2n) is 3.91. The van der Waals surface area contributed by atoms with Crippen LogP contribution in [0.3, 0.4) is 0 Å². The Balaban J connectivity index is 3.96. The number of hydrogen-bond acceptors (Lipinski definition) is 5. The largest absolute Gasteiger partial charge is 0.320 e. The molecule has 0 aliphatic rings. The molecular formula is C11H23N3O2. The maximum absolute atomic E-state index is 11.7. The molecule has 0 rings (SSSR count). The van der Waals surface area contributed by atoms with E-state index >= 15 is 0 Å². The molecule has 0 aromatic heterocycles. The van der Waals surface area contributed by atoms with Crippen molar-refractivity contribution >= 4 is 11.6 Å². The zero-order valence-corrected chi connectivity index (χ0v) is 10.6. The van der Waals surface area contributed by atoms with Gasteiger partial charge in [0.1, 0.15) is 5.78 Å². The number of ketones is 2. The van der Waals surface area contributed by atoms with E-state index in [1.54, 1.807) is 14.0 Å². The van der Waals surface area contributed by atoms with Gasteiger partial charge in [0.25, 0.3) is 0 Å². The number of rotatable bonds is 9. The Bertz CT molecular complexity index is 231. The van der Waals surface area contributed by atoms with Crippen molar-refractivity contribution in [2.75, 3.05) is 27.2 Å². The standard InChI is InChI=1S/C11H23N3O2/c1-8(9(2)15)14-7-11(16)10(13-4)5-6-12-3/h8,10,12-14H,5-7H2,1-4H3/t8-,10-/m0/s1. The van der Waals surface area contributed by atoms with Gasteiger partial charge < -0.3 is 16.0 Å². The monoisotopic (exact) mass is 229 g/mol. The summed E-state index contributed by atoms with van der Waals surface area (Å²) in [5.41, 5.74) is 0. The third-order valence-electron chi connectivity index (χ3n) is 2.61. The molecule has 0 amide bonds. The van der Waals surface area contributed by atoms with E-state index in [2.05, 4.69) is 16.0 Å². The van der Waals surface area contributed by atoms with Crippen LogP contribution in [0.1, 0.15) is 20.3 Å². The molecule has 0 radical (unpaired) electrons. The first kappa shape index (κ1) is 15.2. The molecule has 3 N–H and O–H groups in total. The predicted molar refractivity (Wildman–Crippen MR) is 64.5 cm³/mol. The van der Waals surface area contributed by atoms with Crippen molar-refractivity contribution in [1.29, 1.82) is 0 Å². The molecule has 0 saturated heterocycles. The van der Waals surface area contributed by atoms with Crippen LogP contribution in [0, 0.1) is 0 Å². The first-order valence-corrected chi connectivity index (χ1v) is 5.61. The van der Waals surface area contributed by atoms with Crippen LogP contribution in [0.5, 0.6) is 0 Å². The van der Waals surface area contributed by atoms with Crippen LogP contribution in [0.2, 0.25) is 0 Å². The van der Waals surface area contributed by atoms with Crippen molar-refractivity contribution in [2.45, 2.75) is 32.4 Å². The van der Waals surface area contributed by atoms with Crippen LogP contribution < -0.4 is 16.0 Å². The minimum atomic E-state index is -0.259. The van der Waals surface area contributed by atoms with Crippen molar-refractivity contribution in [3.05, 3.63) is 0 Å². The van der Waals surface area contributed by atoms with Crippen molar-refractivity contribution in [1.82, 2.24) is 16.0 Å². The Morgan fingerprint density at radius 1 is 1.25 bits per heavy atom. The number of nitrogens with one attached hydrogen (secondary N) is 3. The van der Waals surface area contributed by atoms with Crippen molar-refractivity contribution in [2.24, 2.45) is 0 Å². The van der Waals surface area contributed by atoms with Crippen LogP contribution in [0.4, 0.5) is 0 Å². The molecule has 0 aromatic carbocycles. The number of likely N-dealkylation sites (N-methyl/N-ethyl adjacent to an activating group) is 1. The third-order valence-corrected chi connectivity index (χ3v) is 2.61. The molecule has 94 valence electrons. The van der Waals surface area contributed by atoms with Crippen LogP contribution >= 0.6 is 0 Å². The van der Waals surface area contributed by atoms with E-state index in [4.69, 9.17) is 0 Å². The van der Waals surface area contributed by atoms with Gasteiger partial charge in [-0.1, -0.05) is 0 Å². The fourth-order valence-electron chi connectivity index (χ4n) is 1.28. The summed E-state index contributed by atoms with van der Waals surface area (Å²) in [7, 11) is 3.62. The van der Waals surface area contributed by atoms with E-state index in [0.29, 0.717) is 0 Å². The molecule has 0 heterocycles. The zero-order valence-electron chi connectivity index (χ0n) is 10.6. The molecule has 0 saturated carbocycles. The first-order valence-electron chi connectivity index (χ1n) is 5.61. The molecule has 16 heavy (non-hydrogen) atoms. The highest BCUT2D eigenvalue weighted by atomic mass is 16.1. The second-order valence-corrected chi connectivity index (χ2v) is 3.91. The van der Waals surface area contributed by atoms with Crippen LogP contribution in [0.15, 0.2) is 0 Å². The molecule has 5 nitrogen and oxygen atoms in total. The fourth-order valence-corrected chi connectivity index (χ4v) is 1.28. The average molecular weight is 229 g/mol. The molecule has 0 fully saturated rings. The Hall–Kier alpha value is -0.780. The molecule has 0 aliphatic carbocycles. The van der Waals surface area contributed by atoms with Gasteiger partial charge in [0.05, 0.1) is 18.6 Å². The Morgan fingerprint density at radius 2 is 1.88 bits per heavy atom. The van der Waals surface area contributed by atoms with Gasteiger partial charge >= 0.3 is 0 Å². The van der Waals surface area contributed by atoms with Gasteiger partial charge in [-0.3, -0.25) is 9.59 Å². The highest BCUT2D eigenvalue weighted by molar-refractivity contribution is 5.87. The molecular weight excluding hydrogens is 206 g/mol. The summed E-state index contributed by atoms with van der Waals surface area (Å²) in [5, 5.41) is 8.89. The van der Waals surface area contributed by atoms with Gasteiger partial charge in [-0.2, -0.15) is 0 Å². The Kier molecular flexibility index (Phi) is 7.97. The predicted octanol–water partition coefficient (Wildman–Crippen LogP) is -0.680. The lowest BCUT2D eigenvalue weighted by Crippen LogP contribution is -2.44. The number of carbonyl (C=O) groups excluding carboxylic acids is 2. The molecule has 0 aromatic rings. The summed E-state index contributed by atoms with van der Waals surface area (Å²) in [6.45, 7) is 4.30. The highest BCUT2D eigenvalue weighted by Gasteiger charge is 2.16. The van der Waals surface area contributed by atoms with E-state index in [1.807, 2.05) is 7.05 Å². The minimum absolute atomic E-state index is 0.0454. The topological polar surface area (TPSA) is 70.2 Å². The van der Waals surface area contributed by atoms with E-state index in [1.165, 1.54) is 6.92 Å². The summed E-state index contributed by atoms with van der Waals surface area (Å²) in [6.07, 6.45) is 0.752. The number of hydrogen-bond donors (Lipinski definition) is 3. The van der Waals surface area contributed by atoms with Crippen LogP contribution in [0.25, 0.3) is 0 Å². The Morgan fingerprint density at radius 3 is 2.31 bits per heavy atom. The number of carbonyl (C=O) groups is 2. The quantitative estimate of drug-likeness (QED) is 0.489. The zero-order chi connectivity index (χ0) is 12.6. The molecule has 0 aliphatic heterocycles. The maximum Gasteiger partial charge on any atom is 0.163 e. The third kappa shape index (κ3) is 5.95. The smallest absolute Gasteiger partial charge is 0.163 e. The summed E-state index contributed by atoms with van der Waals surface area (Å²) < 4.78 is 0. The maximum atomic E-state index is 11.7. The fraction of sp³-hybridized carbons (Fsp3) is 0.818. The van der Waals surface area contributed by atoms with Gasteiger partial charge in [-0.05, 0) is 40.9 Å². The van der Waals surface area contributed by atoms with Crippen molar-refractivity contribution < 1.29 is 9.59 Å². The lowest BCUT2D eigenvalue weighted by molar-refractivity contribution is -0.121. The molecule has 0 unspecified atom stereocenters. The van der Waals surface area contributed by atoms with Gasteiger partial charge in [-0.15, -0.1) is 0 Å². The van der Waals surface area contributed by atoms with Gasteiger partial charge in [0, 0.05) is 0 Å². The SMILES string of the molecule is CNCC[C@H](NC)C(=O)CN[C@@H](C)C(C)=O. The normalized spacial score (nSPS) is 14.5. The van der Waals surface area contributed by atoms with E-state index in [0.717, 1.165) is 13.0 Å². The first-order chi connectivity index (χ1) is 7.52. The molecule has 0 bridgehead atoms. The van der Waals surface area contributed by atoms with Gasteiger partial charge in [0.2, 0.25) is 0 Å². The molecule has 2 atom stereocenters. The highest BCUT2D eigenvalue weighted by Crippen LogP contribution is 1.92. The summed E-state index contributed by atoms with van der Waals surface area (Å²) in [5.74, 6) is 0.134. The van der Waals surface area contributed by atoms with Crippen molar-refractivity contribution in [3.63, 3.8) is 0 Å². The summed E-state index contributed by atoms with van der Waals surface area (Å²) in [6, 6.07) is -0.412. The van der Waals surface area contributed by atoms with E-state index < -0.39 is 0 Å². The van der Waals surface area contributed by atoms with Crippen LogP contribution in [-0.2, 0) is 9.59 Å². The lowest BCUT2D eigenvalue weighted by atomic mass is 10.1. The molecule has 5 heteroatoms. The summed E-state index contributed by atoms with van der Waals surface area (Å²) >= 11 is 0. The number of Topliss-reactive ketones (excluding diaryl/α,β-unsaturated/α-hetero) is 2. The van der Waals surface area contributed by atoms with E-state index in [9.17, 15) is 9.59 Å². The average Bonchev–Trinajstić information content (AvgIpc) is 2.26. The minimum Gasteiger partial charge on any atom is -0.320 e. The Labute approximate surface area is 97.4 Å². The summed E-state index contributed by atoms with van der Waals surface area (Å²) in [4.78, 5) is 22.7.